The summed E-state index contributed by atoms with van der Waals surface area (Å²) in [5.74, 6) is 0. The smallest absolute Gasteiger partial charge is 0.0912 e. The van der Waals surface area contributed by atoms with Gasteiger partial charge in [0.1, 0.15) is 0 Å². The first-order valence-corrected chi connectivity index (χ1v) is 5.63. The zero-order chi connectivity index (χ0) is 10.5. The Morgan fingerprint density at radius 1 is 1.00 bits per heavy atom. The molecule has 0 bridgehead atoms. The summed E-state index contributed by atoms with van der Waals surface area (Å²) in [6.07, 6.45) is 16.6. The summed E-state index contributed by atoms with van der Waals surface area (Å²) < 4.78 is 0. The molecule has 0 amide bonds. The van der Waals surface area contributed by atoms with Crippen LogP contribution in [0.25, 0.3) is 0 Å². The minimum Gasteiger partial charge on any atom is -0.193 e. The van der Waals surface area contributed by atoms with Crippen molar-refractivity contribution >= 4 is 0 Å². The Balaban J connectivity index is 3.10. The summed E-state index contributed by atoms with van der Waals surface area (Å²) in [6.45, 7) is 2.24. The highest BCUT2D eigenvalue weighted by molar-refractivity contribution is 5.11. The van der Waals surface area contributed by atoms with Crippen molar-refractivity contribution in [2.24, 2.45) is 0 Å². The lowest BCUT2D eigenvalue weighted by Gasteiger charge is -1.96. The topological polar surface area (TPSA) is 23.8 Å². The molecule has 0 saturated heterocycles. The van der Waals surface area contributed by atoms with Crippen LogP contribution in [0, 0.1) is 11.3 Å². The highest BCUT2D eigenvalue weighted by atomic mass is 14.2. The fourth-order valence-corrected chi connectivity index (χ4v) is 1.32. The van der Waals surface area contributed by atoms with E-state index in [4.69, 9.17) is 5.26 Å². The molecule has 0 spiro atoms. The third-order valence-corrected chi connectivity index (χ3v) is 2.14. The SMILES string of the molecule is CCCCCCCCC=C/C=C/C#N. The van der Waals surface area contributed by atoms with E-state index in [0.717, 1.165) is 6.42 Å². The molecule has 1 nitrogen and oxygen atoms in total. The quantitative estimate of drug-likeness (QED) is 0.317. The molecule has 0 atom stereocenters. The van der Waals surface area contributed by atoms with Crippen molar-refractivity contribution in [2.75, 3.05) is 0 Å². The van der Waals surface area contributed by atoms with Crippen LogP contribution >= 0.6 is 0 Å². The fourth-order valence-electron chi connectivity index (χ4n) is 1.32. The van der Waals surface area contributed by atoms with Gasteiger partial charge in [-0.2, -0.15) is 5.26 Å². The van der Waals surface area contributed by atoms with Crippen LogP contribution in [0.4, 0.5) is 0 Å². The van der Waals surface area contributed by atoms with Crippen LogP contribution in [0.5, 0.6) is 0 Å². The van der Waals surface area contributed by atoms with Crippen LogP contribution in [0.1, 0.15) is 51.9 Å². The van der Waals surface area contributed by atoms with E-state index in [-0.39, 0.29) is 0 Å². The van der Waals surface area contributed by atoms with Gasteiger partial charge in [0.15, 0.2) is 0 Å². The third-order valence-electron chi connectivity index (χ3n) is 2.14. The zero-order valence-electron chi connectivity index (χ0n) is 9.21. The second kappa shape index (κ2) is 12.0. The maximum atomic E-state index is 8.22. The Labute approximate surface area is 88.1 Å². The van der Waals surface area contributed by atoms with E-state index in [1.54, 1.807) is 6.08 Å². The molecule has 0 fully saturated rings. The van der Waals surface area contributed by atoms with Gasteiger partial charge in [0, 0.05) is 6.08 Å². The van der Waals surface area contributed by atoms with Crippen molar-refractivity contribution in [3.8, 4) is 6.07 Å². The zero-order valence-corrected chi connectivity index (χ0v) is 9.21. The van der Waals surface area contributed by atoms with Crippen molar-refractivity contribution in [3.63, 3.8) is 0 Å². The lowest BCUT2D eigenvalue weighted by Crippen LogP contribution is -1.77. The van der Waals surface area contributed by atoms with E-state index in [1.807, 2.05) is 12.1 Å². The van der Waals surface area contributed by atoms with Crippen LogP contribution in [-0.2, 0) is 0 Å². The van der Waals surface area contributed by atoms with Gasteiger partial charge in [-0.15, -0.1) is 0 Å². The van der Waals surface area contributed by atoms with Crippen LogP contribution < -0.4 is 0 Å². The third kappa shape index (κ3) is 11.0. The number of nitrogens with zero attached hydrogens (tertiary/aromatic N) is 1. The van der Waals surface area contributed by atoms with Crippen LogP contribution in [0.3, 0.4) is 0 Å². The largest absolute Gasteiger partial charge is 0.193 e. The molecule has 0 aromatic carbocycles. The molecular formula is C13H21N. The van der Waals surface area contributed by atoms with Crippen molar-refractivity contribution < 1.29 is 0 Å². The molecule has 1 heteroatoms. The molecule has 0 unspecified atom stereocenters. The first-order valence-electron chi connectivity index (χ1n) is 5.63. The molecule has 0 heterocycles. The monoisotopic (exact) mass is 191 g/mol. The second-order valence-electron chi connectivity index (χ2n) is 3.47. The molecule has 0 aliphatic heterocycles. The van der Waals surface area contributed by atoms with Crippen molar-refractivity contribution in [1.82, 2.24) is 0 Å². The minimum atomic E-state index is 1.14. The number of unbranched alkanes of at least 4 members (excludes halogenated alkanes) is 6. The normalized spacial score (nSPS) is 11.1. The van der Waals surface area contributed by atoms with Crippen LogP contribution in [0.15, 0.2) is 24.3 Å². The number of hydrogen-bond acceptors (Lipinski definition) is 1. The summed E-state index contributed by atoms with van der Waals surface area (Å²) in [5, 5.41) is 8.22. The average molecular weight is 191 g/mol. The first kappa shape index (κ1) is 13.0. The van der Waals surface area contributed by atoms with Gasteiger partial charge >= 0.3 is 0 Å². The van der Waals surface area contributed by atoms with Crippen LogP contribution in [0.2, 0.25) is 0 Å². The molecule has 0 rings (SSSR count). The minimum absolute atomic E-state index is 1.14. The first-order chi connectivity index (χ1) is 6.91. The van der Waals surface area contributed by atoms with Gasteiger partial charge in [0.05, 0.1) is 6.07 Å². The lowest BCUT2D eigenvalue weighted by atomic mass is 10.1. The highest BCUT2D eigenvalue weighted by Crippen LogP contribution is 2.06. The number of rotatable bonds is 8. The molecule has 0 aliphatic rings. The van der Waals surface area contributed by atoms with Gasteiger partial charge in [-0.1, -0.05) is 57.3 Å². The highest BCUT2D eigenvalue weighted by Gasteiger charge is 1.87. The second-order valence-corrected chi connectivity index (χ2v) is 3.47. The number of nitriles is 1. The summed E-state index contributed by atoms with van der Waals surface area (Å²) in [6, 6.07) is 1.96. The van der Waals surface area contributed by atoms with Gasteiger partial charge in [-0.25, -0.2) is 0 Å². The van der Waals surface area contributed by atoms with Gasteiger partial charge in [0.25, 0.3) is 0 Å². The Bertz CT molecular complexity index is 196. The summed E-state index contributed by atoms with van der Waals surface area (Å²) >= 11 is 0. The van der Waals surface area contributed by atoms with E-state index in [0.29, 0.717) is 0 Å². The molecule has 0 radical (unpaired) electrons. The van der Waals surface area contributed by atoms with Crippen LogP contribution in [-0.4, -0.2) is 0 Å². The standard InChI is InChI=1S/C13H21N/c1-2-3-4-5-6-7-8-9-10-11-12-13-14/h9-12H,2-8H2,1H3/b10-9?,12-11+. The Morgan fingerprint density at radius 3 is 2.43 bits per heavy atom. The molecule has 0 aromatic heterocycles. The summed E-state index contributed by atoms with van der Waals surface area (Å²) in [7, 11) is 0. The number of allylic oxidation sites excluding steroid dienone is 4. The van der Waals surface area contributed by atoms with Gasteiger partial charge in [-0.3, -0.25) is 0 Å². The van der Waals surface area contributed by atoms with E-state index >= 15 is 0 Å². The number of hydrogen-bond donors (Lipinski definition) is 0. The average Bonchev–Trinajstić information content (AvgIpc) is 2.21. The molecular weight excluding hydrogens is 170 g/mol. The van der Waals surface area contributed by atoms with E-state index in [1.165, 1.54) is 44.6 Å². The Morgan fingerprint density at radius 2 is 1.71 bits per heavy atom. The summed E-state index contributed by atoms with van der Waals surface area (Å²) in [4.78, 5) is 0. The predicted octanol–water partition coefficient (Wildman–Crippen LogP) is 4.37. The van der Waals surface area contributed by atoms with Crippen molar-refractivity contribution in [3.05, 3.63) is 24.3 Å². The molecule has 0 N–H and O–H groups in total. The Hall–Kier alpha value is -1.03. The van der Waals surface area contributed by atoms with E-state index in [9.17, 15) is 0 Å². The molecule has 0 aromatic rings. The maximum Gasteiger partial charge on any atom is 0.0912 e. The van der Waals surface area contributed by atoms with Gasteiger partial charge in [0.2, 0.25) is 0 Å². The lowest BCUT2D eigenvalue weighted by molar-refractivity contribution is 0.611. The molecule has 0 saturated carbocycles. The van der Waals surface area contributed by atoms with Crippen molar-refractivity contribution in [1.29, 1.82) is 5.26 Å². The molecule has 0 aliphatic carbocycles. The fraction of sp³-hybridized carbons (Fsp3) is 0.615. The van der Waals surface area contributed by atoms with Crippen molar-refractivity contribution in [2.45, 2.75) is 51.9 Å². The van der Waals surface area contributed by atoms with Gasteiger partial charge < -0.3 is 0 Å². The molecule has 14 heavy (non-hydrogen) atoms. The van der Waals surface area contributed by atoms with E-state index in [2.05, 4.69) is 13.0 Å². The Kier molecular flexibility index (Phi) is 11.1. The summed E-state index contributed by atoms with van der Waals surface area (Å²) in [5.41, 5.74) is 0. The van der Waals surface area contributed by atoms with E-state index < -0.39 is 0 Å². The molecule has 78 valence electrons. The maximum absolute atomic E-state index is 8.22. The van der Waals surface area contributed by atoms with Gasteiger partial charge in [-0.05, 0) is 12.8 Å². The predicted molar refractivity (Wildman–Crippen MR) is 61.9 cm³/mol.